The lowest BCUT2D eigenvalue weighted by atomic mass is 10.2. The first-order valence-corrected chi connectivity index (χ1v) is 7.51. The molecule has 2 N–H and O–H groups in total. The van der Waals surface area contributed by atoms with Crippen LogP contribution in [0.25, 0.3) is 5.65 Å². The summed E-state index contributed by atoms with van der Waals surface area (Å²) in [6, 6.07) is 11.5. The molecule has 2 heterocycles. The number of rotatable bonds is 5. The number of hydrogen-bond donors (Lipinski definition) is 2. The molecule has 0 saturated heterocycles. The molecule has 0 aliphatic carbocycles. The monoisotopic (exact) mass is 346 g/mol. The van der Waals surface area contributed by atoms with Crippen LogP contribution in [0.4, 0.5) is 0 Å². The van der Waals surface area contributed by atoms with Crippen molar-refractivity contribution in [1.82, 2.24) is 19.9 Å². The number of pyridine rings is 1. The summed E-state index contributed by atoms with van der Waals surface area (Å²) in [5.74, 6) is 1.22. The Balaban J connectivity index is 1.58. The summed E-state index contributed by atoms with van der Waals surface area (Å²) in [6.45, 7) is 1.38. The third-order valence-corrected chi connectivity index (χ3v) is 3.94. The molecular weight excluding hydrogens is 332 g/mol. The molecule has 0 amide bonds. The van der Waals surface area contributed by atoms with E-state index in [0.29, 0.717) is 11.0 Å². The number of halogens is 1. The first-order valence-electron chi connectivity index (χ1n) is 6.71. The summed E-state index contributed by atoms with van der Waals surface area (Å²) in [5.41, 5.74) is 1.73. The molecule has 0 aliphatic heterocycles. The van der Waals surface area contributed by atoms with Crippen LogP contribution in [0.3, 0.4) is 0 Å². The molecule has 3 aromatic rings. The zero-order valence-electron chi connectivity index (χ0n) is 11.3. The quantitative estimate of drug-likeness (QED) is 0.697. The second-order valence-electron chi connectivity index (χ2n) is 4.72. The number of phenolic OH excluding ortho intramolecular Hbond substituents is 1. The third-order valence-electron chi connectivity index (χ3n) is 3.30. The molecule has 0 atom stereocenters. The van der Waals surface area contributed by atoms with Crippen molar-refractivity contribution < 1.29 is 5.11 Å². The Bertz CT molecular complexity index is 756. The van der Waals surface area contributed by atoms with E-state index >= 15 is 0 Å². The van der Waals surface area contributed by atoms with Gasteiger partial charge >= 0.3 is 0 Å². The molecule has 5 nitrogen and oxygen atoms in total. The number of nitrogens with zero attached hydrogens (tertiary/aromatic N) is 3. The molecule has 0 bridgehead atoms. The average molecular weight is 347 g/mol. The van der Waals surface area contributed by atoms with Gasteiger partial charge in [0, 0.05) is 31.3 Å². The molecule has 21 heavy (non-hydrogen) atoms. The maximum Gasteiger partial charge on any atom is 0.160 e. The van der Waals surface area contributed by atoms with Crippen LogP contribution in [-0.4, -0.2) is 26.2 Å². The van der Waals surface area contributed by atoms with Gasteiger partial charge in [0.25, 0.3) is 0 Å². The van der Waals surface area contributed by atoms with E-state index in [1.165, 1.54) is 0 Å². The van der Waals surface area contributed by atoms with Crippen LogP contribution in [0.5, 0.6) is 5.75 Å². The lowest BCUT2D eigenvalue weighted by molar-refractivity contribution is 0.461. The van der Waals surface area contributed by atoms with Gasteiger partial charge in [0.15, 0.2) is 5.65 Å². The summed E-state index contributed by atoms with van der Waals surface area (Å²) in [6.07, 6.45) is 2.74. The Kier molecular flexibility index (Phi) is 4.17. The van der Waals surface area contributed by atoms with Gasteiger partial charge in [0.05, 0.1) is 4.47 Å². The Morgan fingerprint density at radius 1 is 1.14 bits per heavy atom. The summed E-state index contributed by atoms with van der Waals surface area (Å²) >= 11 is 3.31. The number of nitrogens with one attached hydrogen (secondary N) is 1. The van der Waals surface area contributed by atoms with Gasteiger partial charge in [-0.2, -0.15) is 0 Å². The second-order valence-corrected chi connectivity index (χ2v) is 5.57. The van der Waals surface area contributed by atoms with Gasteiger partial charge in [-0.25, -0.2) is 0 Å². The Morgan fingerprint density at radius 3 is 2.95 bits per heavy atom. The molecule has 1 aromatic carbocycles. The maximum atomic E-state index is 9.91. The minimum atomic E-state index is 0.290. The minimum Gasteiger partial charge on any atom is -0.506 e. The van der Waals surface area contributed by atoms with Crippen LogP contribution >= 0.6 is 15.9 Å². The fourth-order valence-corrected chi connectivity index (χ4v) is 2.59. The van der Waals surface area contributed by atoms with Crippen molar-refractivity contribution >= 4 is 21.6 Å². The largest absolute Gasteiger partial charge is 0.506 e. The fraction of sp³-hybridized carbons (Fsp3) is 0.200. The molecule has 0 aliphatic rings. The maximum absolute atomic E-state index is 9.91. The van der Waals surface area contributed by atoms with Crippen molar-refractivity contribution in [3.8, 4) is 5.75 Å². The molecule has 0 fully saturated rings. The number of hydrogen-bond acceptors (Lipinski definition) is 4. The second kappa shape index (κ2) is 6.24. The number of para-hydroxylation sites is 1. The number of aromatic hydroxyl groups is 1. The topological polar surface area (TPSA) is 62.5 Å². The zero-order chi connectivity index (χ0) is 14.7. The molecule has 108 valence electrons. The lowest BCUT2D eigenvalue weighted by Gasteiger charge is -2.07. The van der Waals surface area contributed by atoms with E-state index in [-0.39, 0.29) is 5.75 Å². The van der Waals surface area contributed by atoms with E-state index in [1.807, 2.05) is 47.0 Å². The summed E-state index contributed by atoms with van der Waals surface area (Å²) in [7, 11) is 0. The Labute approximate surface area is 130 Å². The highest BCUT2D eigenvalue weighted by molar-refractivity contribution is 9.10. The predicted molar refractivity (Wildman–Crippen MR) is 84.2 cm³/mol. The zero-order valence-corrected chi connectivity index (χ0v) is 12.9. The van der Waals surface area contributed by atoms with Crippen LogP contribution in [0.2, 0.25) is 0 Å². The predicted octanol–water partition coefficient (Wildman–Crippen LogP) is 2.53. The fourth-order valence-electron chi connectivity index (χ4n) is 2.19. The molecule has 3 rings (SSSR count). The smallest absolute Gasteiger partial charge is 0.160 e. The van der Waals surface area contributed by atoms with Gasteiger partial charge in [0.1, 0.15) is 11.6 Å². The first-order chi connectivity index (χ1) is 10.3. The van der Waals surface area contributed by atoms with E-state index in [1.54, 1.807) is 0 Å². The van der Waals surface area contributed by atoms with E-state index in [9.17, 15) is 5.11 Å². The number of benzene rings is 1. The number of phenols is 1. The summed E-state index contributed by atoms with van der Waals surface area (Å²) < 4.78 is 2.70. The van der Waals surface area contributed by atoms with Crippen LogP contribution in [-0.2, 0) is 13.0 Å². The van der Waals surface area contributed by atoms with E-state index in [4.69, 9.17) is 0 Å². The Morgan fingerprint density at radius 2 is 2.05 bits per heavy atom. The highest BCUT2D eigenvalue weighted by atomic mass is 79.9. The van der Waals surface area contributed by atoms with Crippen molar-refractivity contribution in [1.29, 1.82) is 0 Å². The van der Waals surface area contributed by atoms with Crippen LogP contribution in [0.1, 0.15) is 11.4 Å². The lowest BCUT2D eigenvalue weighted by Crippen LogP contribution is -2.17. The highest BCUT2D eigenvalue weighted by Gasteiger charge is 2.06. The molecule has 0 radical (unpaired) electrons. The Hall–Kier alpha value is -1.92. The standard InChI is InChI=1S/C15H15BrN4O/c16-12-5-3-4-11(15(12)21)10-17-8-7-14-19-18-13-6-1-2-9-20(13)14/h1-6,9,17,21H,7-8,10H2. The van der Waals surface area contributed by atoms with Crippen molar-refractivity contribution in [3.63, 3.8) is 0 Å². The third kappa shape index (κ3) is 3.06. The molecular formula is C15H15BrN4O. The van der Waals surface area contributed by atoms with Crippen LogP contribution < -0.4 is 5.32 Å². The molecule has 2 aromatic heterocycles. The van der Waals surface area contributed by atoms with Crippen molar-refractivity contribution in [3.05, 3.63) is 58.5 Å². The SMILES string of the molecule is Oc1c(Br)cccc1CNCCc1nnc2ccccn12. The molecule has 6 heteroatoms. The van der Waals surface area contributed by atoms with E-state index < -0.39 is 0 Å². The molecule has 0 spiro atoms. The number of fused-ring (bicyclic) bond motifs is 1. The van der Waals surface area contributed by atoms with E-state index in [0.717, 1.165) is 30.0 Å². The molecule has 0 saturated carbocycles. The molecule has 0 unspecified atom stereocenters. The summed E-state index contributed by atoms with van der Waals surface area (Å²) in [4.78, 5) is 0. The van der Waals surface area contributed by atoms with E-state index in [2.05, 4.69) is 31.4 Å². The van der Waals surface area contributed by atoms with Gasteiger partial charge in [-0.05, 0) is 34.1 Å². The van der Waals surface area contributed by atoms with Crippen LogP contribution in [0.15, 0.2) is 47.1 Å². The van der Waals surface area contributed by atoms with Gasteiger partial charge < -0.3 is 10.4 Å². The van der Waals surface area contributed by atoms with Gasteiger partial charge in [0.2, 0.25) is 0 Å². The van der Waals surface area contributed by atoms with Crippen molar-refractivity contribution in [2.24, 2.45) is 0 Å². The van der Waals surface area contributed by atoms with Gasteiger partial charge in [-0.1, -0.05) is 18.2 Å². The minimum absolute atomic E-state index is 0.290. The summed E-state index contributed by atoms with van der Waals surface area (Å²) in [5, 5.41) is 21.5. The van der Waals surface area contributed by atoms with Crippen molar-refractivity contribution in [2.45, 2.75) is 13.0 Å². The highest BCUT2D eigenvalue weighted by Crippen LogP contribution is 2.27. The first kappa shape index (κ1) is 14.0. The number of aromatic nitrogens is 3. The van der Waals surface area contributed by atoms with Crippen molar-refractivity contribution in [2.75, 3.05) is 6.54 Å². The van der Waals surface area contributed by atoms with Crippen LogP contribution in [0, 0.1) is 0 Å². The van der Waals surface area contributed by atoms with Gasteiger partial charge in [-0.15, -0.1) is 10.2 Å². The average Bonchev–Trinajstić information content (AvgIpc) is 2.91. The normalized spacial score (nSPS) is 11.1. The van der Waals surface area contributed by atoms with Gasteiger partial charge in [-0.3, -0.25) is 4.40 Å².